The average molecular weight is 586 g/mol. The fourth-order valence-electron chi connectivity index (χ4n) is 3.56. The van der Waals surface area contributed by atoms with E-state index in [1.165, 1.54) is 54.7 Å². The monoisotopic (exact) mass is 585 g/mol. The Kier molecular flexibility index (Phi) is 8.19. The van der Waals surface area contributed by atoms with Gasteiger partial charge >= 0.3 is 0 Å². The first-order chi connectivity index (χ1) is 18.4. The molecule has 1 heterocycles. The van der Waals surface area contributed by atoms with Gasteiger partial charge in [0.05, 0.1) is 15.5 Å². The second-order valence-electron chi connectivity index (χ2n) is 8.50. The highest BCUT2D eigenvalue weighted by Gasteiger charge is 2.27. The molecule has 39 heavy (non-hydrogen) atoms. The molecule has 0 fully saturated rings. The Morgan fingerprint density at radius 3 is 2.21 bits per heavy atom. The number of nitrogens with zero attached hydrogens (tertiary/aromatic N) is 3. The van der Waals surface area contributed by atoms with Gasteiger partial charge in [-0.15, -0.1) is 0 Å². The van der Waals surface area contributed by atoms with Crippen molar-refractivity contribution in [2.45, 2.75) is 23.6 Å². The Labute approximate surface area is 231 Å². The van der Waals surface area contributed by atoms with Crippen LogP contribution in [0.3, 0.4) is 0 Å². The number of carbonyl (C=O) groups excluding carboxylic acids is 1. The summed E-state index contributed by atoms with van der Waals surface area (Å²) in [6.07, 6.45) is 1.44. The van der Waals surface area contributed by atoms with Gasteiger partial charge < -0.3 is 5.32 Å². The molecule has 1 aromatic heterocycles. The van der Waals surface area contributed by atoms with Crippen LogP contribution in [0.4, 0.5) is 17.3 Å². The Balaban J connectivity index is 1.53. The number of benzene rings is 3. The molecule has 1 amide bonds. The minimum Gasteiger partial charge on any atom is -0.325 e. The number of aromatic nitrogens is 2. The predicted molar refractivity (Wildman–Crippen MR) is 150 cm³/mol. The number of aryl methyl sites for hydroxylation is 2. The molecule has 0 aliphatic carbocycles. The van der Waals surface area contributed by atoms with E-state index < -0.39 is 32.5 Å². The SMILES string of the molecule is Cc1cccc(N(CC(=O)Nc2ccc(S(=O)(=O)Nc3nccc(C)n3)cc2)S(=O)(=O)c2ccc(Cl)cc2)c1. The highest BCUT2D eigenvalue weighted by atomic mass is 35.5. The van der Waals surface area contributed by atoms with E-state index in [9.17, 15) is 21.6 Å². The molecule has 13 heteroatoms. The van der Waals surface area contributed by atoms with Crippen molar-refractivity contribution in [2.75, 3.05) is 20.9 Å². The van der Waals surface area contributed by atoms with Gasteiger partial charge in [-0.2, -0.15) is 0 Å². The molecule has 0 radical (unpaired) electrons. The molecular formula is C26H24ClN5O5S2. The first-order valence-corrected chi connectivity index (χ1v) is 14.8. The summed E-state index contributed by atoms with van der Waals surface area (Å²) in [5.41, 5.74) is 1.99. The summed E-state index contributed by atoms with van der Waals surface area (Å²) in [4.78, 5) is 20.8. The van der Waals surface area contributed by atoms with Gasteiger partial charge in [-0.3, -0.25) is 9.10 Å². The smallest absolute Gasteiger partial charge is 0.264 e. The van der Waals surface area contributed by atoms with Gasteiger partial charge in [-0.1, -0.05) is 23.7 Å². The number of nitrogens with one attached hydrogen (secondary N) is 2. The molecule has 2 N–H and O–H groups in total. The Bertz CT molecular complexity index is 1710. The number of halogens is 1. The van der Waals surface area contributed by atoms with Crippen LogP contribution in [-0.4, -0.2) is 39.3 Å². The molecule has 0 atom stereocenters. The van der Waals surface area contributed by atoms with E-state index in [-0.39, 0.29) is 21.4 Å². The first-order valence-electron chi connectivity index (χ1n) is 11.5. The summed E-state index contributed by atoms with van der Waals surface area (Å²) in [7, 11) is -8.09. The fourth-order valence-corrected chi connectivity index (χ4v) is 6.05. The van der Waals surface area contributed by atoms with Crippen LogP contribution in [0.2, 0.25) is 5.02 Å². The maximum Gasteiger partial charge on any atom is 0.264 e. The fraction of sp³-hybridized carbons (Fsp3) is 0.115. The lowest BCUT2D eigenvalue weighted by Gasteiger charge is -2.24. The van der Waals surface area contributed by atoms with E-state index in [0.717, 1.165) is 9.87 Å². The zero-order valence-corrected chi connectivity index (χ0v) is 23.3. The normalized spacial score (nSPS) is 11.6. The van der Waals surface area contributed by atoms with E-state index in [0.29, 0.717) is 16.4 Å². The van der Waals surface area contributed by atoms with Gasteiger partial charge in [0.25, 0.3) is 20.0 Å². The van der Waals surface area contributed by atoms with Gasteiger partial charge in [-0.25, -0.2) is 31.5 Å². The van der Waals surface area contributed by atoms with Crippen LogP contribution >= 0.6 is 11.6 Å². The van der Waals surface area contributed by atoms with Crippen LogP contribution in [0, 0.1) is 13.8 Å². The standard InChI is InChI=1S/C26H24ClN5O5S2/c1-18-4-3-5-22(16-18)32(39(36,37)24-10-6-20(27)7-11-24)17-25(33)30-21-8-12-23(13-9-21)38(34,35)31-26-28-15-14-19(2)29-26/h3-16H,17H2,1-2H3,(H,30,33)(H,28,29,31). The van der Waals surface area contributed by atoms with Crippen LogP contribution in [0.1, 0.15) is 11.3 Å². The highest BCUT2D eigenvalue weighted by molar-refractivity contribution is 7.93. The summed E-state index contributed by atoms with van der Waals surface area (Å²) < 4.78 is 55.6. The Morgan fingerprint density at radius 1 is 0.897 bits per heavy atom. The Hall–Kier alpha value is -4.00. The number of hydrogen-bond acceptors (Lipinski definition) is 7. The average Bonchev–Trinajstić information content (AvgIpc) is 2.87. The van der Waals surface area contributed by atoms with E-state index >= 15 is 0 Å². The summed E-state index contributed by atoms with van der Waals surface area (Å²) in [5.74, 6) is -0.693. The van der Waals surface area contributed by atoms with Crippen LogP contribution in [0.15, 0.2) is 94.9 Å². The third-order valence-corrected chi connectivity index (χ3v) is 8.83. The summed E-state index contributed by atoms with van der Waals surface area (Å²) >= 11 is 5.92. The van der Waals surface area contributed by atoms with E-state index in [1.54, 1.807) is 31.2 Å². The molecule has 0 saturated carbocycles. The number of rotatable bonds is 9. The van der Waals surface area contributed by atoms with Gasteiger partial charge in [0.1, 0.15) is 6.54 Å². The first kappa shape index (κ1) is 28.0. The van der Waals surface area contributed by atoms with E-state index in [2.05, 4.69) is 20.0 Å². The van der Waals surface area contributed by atoms with E-state index in [4.69, 9.17) is 11.6 Å². The summed E-state index contributed by atoms with van der Waals surface area (Å²) in [5, 5.41) is 2.99. The van der Waals surface area contributed by atoms with E-state index in [1.807, 2.05) is 13.0 Å². The lowest BCUT2D eigenvalue weighted by molar-refractivity contribution is -0.114. The number of carbonyl (C=O) groups is 1. The third kappa shape index (κ3) is 6.91. The maximum absolute atomic E-state index is 13.5. The minimum atomic E-state index is -4.12. The van der Waals surface area contributed by atoms with Crippen LogP contribution < -0.4 is 14.3 Å². The maximum atomic E-state index is 13.5. The zero-order valence-electron chi connectivity index (χ0n) is 20.9. The molecule has 3 aromatic carbocycles. The largest absolute Gasteiger partial charge is 0.325 e. The summed E-state index contributed by atoms with van der Waals surface area (Å²) in [6, 6.07) is 19.4. The quantitative estimate of drug-likeness (QED) is 0.297. The van der Waals surface area contributed by atoms with Gasteiger partial charge in [0, 0.05) is 22.6 Å². The molecule has 4 rings (SSSR count). The van der Waals surface area contributed by atoms with Crippen molar-refractivity contribution in [1.82, 2.24) is 9.97 Å². The van der Waals surface area contributed by atoms with Gasteiger partial charge in [0.15, 0.2) is 0 Å². The number of sulfonamides is 2. The second-order valence-corrected chi connectivity index (χ2v) is 12.5. The van der Waals surface area contributed by atoms with Crippen molar-refractivity contribution in [1.29, 1.82) is 0 Å². The van der Waals surface area contributed by atoms with Gasteiger partial charge in [0.2, 0.25) is 11.9 Å². The predicted octanol–water partition coefficient (Wildman–Crippen LogP) is 4.38. The molecule has 0 saturated heterocycles. The van der Waals surface area contributed by atoms with Crippen LogP contribution in [0.5, 0.6) is 0 Å². The number of anilines is 3. The van der Waals surface area contributed by atoms with Crippen molar-refractivity contribution >= 4 is 54.9 Å². The van der Waals surface area contributed by atoms with Gasteiger partial charge in [-0.05, 0) is 86.1 Å². The minimum absolute atomic E-state index is 0.0270. The zero-order chi connectivity index (χ0) is 28.2. The molecule has 202 valence electrons. The molecule has 4 aromatic rings. The molecule has 0 aliphatic rings. The van der Waals surface area contributed by atoms with Crippen LogP contribution in [0.25, 0.3) is 0 Å². The summed E-state index contributed by atoms with van der Waals surface area (Å²) in [6.45, 7) is 2.99. The number of hydrogen-bond donors (Lipinski definition) is 2. The van der Waals surface area contributed by atoms with Crippen LogP contribution in [-0.2, 0) is 24.8 Å². The Morgan fingerprint density at radius 2 is 1.56 bits per heavy atom. The second kappa shape index (κ2) is 11.4. The molecule has 10 nitrogen and oxygen atoms in total. The number of amides is 1. The van der Waals surface area contributed by atoms with Crippen molar-refractivity contribution in [3.63, 3.8) is 0 Å². The molecular weight excluding hydrogens is 562 g/mol. The lowest BCUT2D eigenvalue weighted by Crippen LogP contribution is -2.38. The topological polar surface area (TPSA) is 138 Å². The highest BCUT2D eigenvalue weighted by Crippen LogP contribution is 2.26. The van der Waals surface area contributed by atoms with Crippen molar-refractivity contribution in [3.05, 3.63) is 101 Å². The molecule has 0 unspecified atom stereocenters. The van der Waals surface area contributed by atoms with Crippen molar-refractivity contribution in [3.8, 4) is 0 Å². The molecule has 0 spiro atoms. The lowest BCUT2D eigenvalue weighted by atomic mass is 10.2. The molecule has 0 bridgehead atoms. The van der Waals surface area contributed by atoms with Crippen molar-refractivity contribution in [2.24, 2.45) is 0 Å². The third-order valence-electron chi connectivity index (χ3n) is 5.45. The van der Waals surface area contributed by atoms with Crippen molar-refractivity contribution < 1.29 is 21.6 Å². The molecule has 0 aliphatic heterocycles.